The molecule has 96 valence electrons. The molecule has 0 aliphatic carbocycles. The Kier molecular flexibility index (Phi) is 4.54. The van der Waals surface area contributed by atoms with E-state index in [1.54, 1.807) is 0 Å². The molecule has 0 amide bonds. The third kappa shape index (κ3) is 3.20. The molecule has 0 aliphatic rings. The molecule has 1 unspecified atom stereocenters. The number of benzene rings is 1. The highest BCUT2D eigenvalue weighted by molar-refractivity contribution is 5.44. The van der Waals surface area contributed by atoms with Gasteiger partial charge >= 0.3 is 0 Å². The first-order chi connectivity index (χ1) is 7.92. The highest BCUT2D eigenvalue weighted by Crippen LogP contribution is 2.30. The van der Waals surface area contributed by atoms with Gasteiger partial charge in [0.15, 0.2) is 0 Å². The number of aryl methyl sites for hydroxylation is 2. The molecule has 0 saturated heterocycles. The predicted octanol–water partition coefficient (Wildman–Crippen LogP) is 2.26. The van der Waals surface area contributed by atoms with Gasteiger partial charge in [0.2, 0.25) is 0 Å². The average molecular weight is 237 g/mol. The van der Waals surface area contributed by atoms with Crippen LogP contribution in [0, 0.1) is 13.8 Å². The third-order valence-corrected chi connectivity index (χ3v) is 3.07. The van der Waals surface area contributed by atoms with Gasteiger partial charge in [0.05, 0.1) is 6.61 Å². The van der Waals surface area contributed by atoms with Crippen LogP contribution in [-0.4, -0.2) is 18.3 Å². The molecule has 0 bridgehead atoms. The van der Waals surface area contributed by atoms with Gasteiger partial charge in [-0.15, -0.1) is 0 Å². The normalized spacial score (nSPS) is 14.5. The average Bonchev–Trinajstić information content (AvgIpc) is 2.23. The first-order valence-corrected chi connectivity index (χ1v) is 6.06. The minimum atomic E-state index is -0.492. The minimum Gasteiger partial charge on any atom is -0.494 e. The topological polar surface area (TPSA) is 55.5 Å². The Morgan fingerprint density at radius 2 is 1.94 bits per heavy atom. The number of nitrogens with two attached hydrogens (primary N) is 1. The fourth-order valence-corrected chi connectivity index (χ4v) is 2.08. The zero-order chi connectivity index (χ0) is 13.1. The fourth-order valence-electron chi connectivity index (χ4n) is 2.08. The fraction of sp³-hybridized carbons (Fsp3) is 0.571. The summed E-state index contributed by atoms with van der Waals surface area (Å²) in [7, 11) is 0. The second-order valence-corrected chi connectivity index (χ2v) is 4.76. The van der Waals surface area contributed by atoms with Crippen LogP contribution in [0.25, 0.3) is 0 Å². The summed E-state index contributed by atoms with van der Waals surface area (Å²) in [6.45, 7) is 8.73. The number of rotatable bonds is 5. The molecule has 0 spiro atoms. The molecular formula is C14H23NO2. The van der Waals surface area contributed by atoms with Gasteiger partial charge in [-0.1, -0.05) is 6.07 Å². The number of hydrogen-bond acceptors (Lipinski definition) is 3. The van der Waals surface area contributed by atoms with Crippen LogP contribution in [-0.2, 0) is 5.54 Å². The van der Waals surface area contributed by atoms with E-state index >= 15 is 0 Å². The zero-order valence-corrected chi connectivity index (χ0v) is 11.2. The summed E-state index contributed by atoms with van der Waals surface area (Å²) in [5, 5.41) is 9.06. The lowest BCUT2D eigenvalue weighted by Gasteiger charge is -2.27. The Morgan fingerprint density at radius 3 is 2.47 bits per heavy atom. The second-order valence-electron chi connectivity index (χ2n) is 4.76. The van der Waals surface area contributed by atoms with Crippen molar-refractivity contribution in [3.63, 3.8) is 0 Å². The molecule has 17 heavy (non-hydrogen) atoms. The van der Waals surface area contributed by atoms with E-state index in [4.69, 9.17) is 15.6 Å². The van der Waals surface area contributed by atoms with E-state index < -0.39 is 5.54 Å². The molecule has 1 atom stereocenters. The maximum Gasteiger partial charge on any atom is 0.122 e. The molecule has 0 heterocycles. The summed E-state index contributed by atoms with van der Waals surface area (Å²) < 4.78 is 5.55. The van der Waals surface area contributed by atoms with E-state index in [2.05, 4.69) is 6.07 Å². The number of ether oxygens (including phenoxy) is 1. The molecule has 0 saturated carbocycles. The molecule has 0 aliphatic heterocycles. The Labute approximate surface area is 104 Å². The molecule has 1 rings (SSSR count). The van der Waals surface area contributed by atoms with E-state index in [1.165, 1.54) is 0 Å². The van der Waals surface area contributed by atoms with Crippen LogP contribution >= 0.6 is 0 Å². The van der Waals surface area contributed by atoms with Crippen molar-refractivity contribution in [1.82, 2.24) is 0 Å². The Bertz CT molecular complexity index is 386. The van der Waals surface area contributed by atoms with Crippen LogP contribution in [0.1, 0.15) is 37.0 Å². The smallest absolute Gasteiger partial charge is 0.122 e. The predicted molar refractivity (Wildman–Crippen MR) is 70.3 cm³/mol. The van der Waals surface area contributed by atoms with Gasteiger partial charge in [-0.05, 0) is 56.9 Å². The lowest BCUT2D eigenvalue weighted by Crippen LogP contribution is -2.35. The molecule has 1 aromatic carbocycles. The number of aliphatic hydroxyl groups excluding tert-OH is 1. The van der Waals surface area contributed by atoms with Crippen molar-refractivity contribution in [3.05, 3.63) is 28.8 Å². The quantitative estimate of drug-likeness (QED) is 0.826. The van der Waals surface area contributed by atoms with Crippen LogP contribution in [0.3, 0.4) is 0 Å². The molecule has 0 radical (unpaired) electrons. The highest BCUT2D eigenvalue weighted by Gasteiger charge is 2.23. The summed E-state index contributed by atoms with van der Waals surface area (Å²) in [6, 6.07) is 4.09. The van der Waals surface area contributed by atoms with Crippen molar-refractivity contribution < 1.29 is 9.84 Å². The van der Waals surface area contributed by atoms with Crippen LogP contribution in [0.4, 0.5) is 0 Å². The Balaban J connectivity index is 3.15. The third-order valence-electron chi connectivity index (χ3n) is 3.07. The summed E-state index contributed by atoms with van der Waals surface area (Å²) in [5.41, 5.74) is 9.02. The maximum atomic E-state index is 9.06. The summed E-state index contributed by atoms with van der Waals surface area (Å²) in [4.78, 5) is 0. The number of aliphatic hydroxyl groups is 1. The lowest BCUT2D eigenvalue weighted by molar-refractivity contribution is 0.246. The van der Waals surface area contributed by atoms with Crippen molar-refractivity contribution in [2.45, 2.75) is 39.7 Å². The van der Waals surface area contributed by atoms with Crippen LogP contribution in [0.2, 0.25) is 0 Å². The largest absolute Gasteiger partial charge is 0.494 e. The Morgan fingerprint density at radius 1 is 1.29 bits per heavy atom. The standard InChI is InChI=1S/C14H23NO2/c1-5-17-13-9-10(2)12(8-11(13)3)14(4,15)6-7-16/h8-9,16H,5-7,15H2,1-4H3. The van der Waals surface area contributed by atoms with Gasteiger partial charge in [0.25, 0.3) is 0 Å². The van der Waals surface area contributed by atoms with Gasteiger partial charge in [-0.2, -0.15) is 0 Å². The lowest BCUT2D eigenvalue weighted by atomic mass is 9.86. The van der Waals surface area contributed by atoms with Crippen molar-refractivity contribution in [3.8, 4) is 5.75 Å². The monoisotopic (exact) mass is 237 g/mol. The summed E-state index contributed by atoms with van der Waals surface area (Å²) >= 11 is 0. The first kappa shape index (κ1) is 14.0. The van der Waals surface area contributed by atoms with E-state index in [0.29, 0.717) is 13.0 Å². The van der Waals surface area contributed by atoms with Crippen LogP contribution < -0.4 is 10.5 Å². The van der Waals surface area contributed by atoms with Crippen LogP contribution in [0.15, 0.2) is 12.1 Å². The molecule has 0 aromatic heterocycles. The minimum absolute atomic E-state index is 0.0959. The van der Waals surface area contributed by atoms with Crippen molar-refractivity contribution in [2.75, 3.05) is 13.2 Å². The van der Waals surface area contributed by atoms with Gasteiger partial charge in [-0.3, -0.25) is 0 Å². The maximum absolute atomic E-state index is 9.06. The molecule has 3 heteroatoms. The zero-order valence-electron chi connectivity index (χ0n) is 11.2. The van der Waals surface area contributed by atoms with Gasteiger partial charge in [0.1, 0.15) is 5.75 Å². The van der Waals surface area contributed by atoms with Crippen molar-refractivity contribution >= 4 is 0 Å². The Hall–Kier alpha value is -1.06. The second kappa shape index (κ2) is 5.52. The van der Waals surface area contributed by atoms with Crippen molar-refractivity contribution in [2.24, 2.45) is 5.73 Å². The van der Waals surface area contributed by atoms with Gasteiger partial charge < -0.3 is 15.6 Å². The summed E-state index contributed by atoms with van der Waals surface area (Å²) in [6.07, 6.45) is 0.557. The SMILES string of the molecule is CCOc1cc(C)c(C(C)(N)CCO)cc1C. The highest BCUT2D eigenvalue weighted by atomic mass is 16.5. The molecular weight excluding hydrogens is 214 g/mol. The van der Waals surface area contributed by atoms with Crippen molar-refractivity contribution in [1.29, 1.82) is 0 Å². The van der Waals surface area contributed by atoms with E-state index in [-0.39, 0.29) is 6.61 Å². The first-order valence-electron chi connectivity index (χ1n) is 6.06. The van der Waals surface area contributed by atoms with E-state index in [0.717, 1.165) is 22.4 Å². The molecule has 0 fully saturated rings. The van der Waals surface area contributed by atoms with Crippen LogP contribution in [0.5, 0.6) is 5.75 Å². The summed E-state index contributed by atoms with van der Waals surface area (Å²) in [5.74, 6) is 0.911. The molecule has 3 nitrogen and oxygen atoms in total. The van der Waals surface area contributed by atoms with E-state index in [9.17, 15) is 0 Å². The van der Waals surface area contributed by atoms with E-state index in [1.807, 2.05) is 33.8 Å². The molecule has 3 N–H and O–H groups in total. The van der Waals surface area contributed by atoms with Gasteiger partial charge in [-0.25, -0.2) is 0 Å². The molecule has 1 aromatic rings. The number of hydrogen-bond donors (Lipinski definition) is 2. The van der Waals surface area contributed by atoms with Gasteiger partial charge in [0, 0.05) is 12.1 Å².